The largest absolute Gasteiger partial charge is 0.399 e. The molecule has 0 aliphatic heterocycles. The summed E-state index contributed by atoms with van der Waals surface area (Å²) in [6.45, 7) is 0.0792. The predicted molar refractivity (Wildman–Crippen MR) is 73.7 cm³/mol. The number of anilines is 1. The molecule has 0 saturated carbocycles. The molecule has 2 aromatic rings. The molecule has 0 aliphatic rings. The zero-order valence-corrected chi connectivity index (χ0v) is 12.1. The molecule has 2 rings (SSSR count). The van der Waals surface area contributed by atoms with Gasteiger partial charge in [-0.25, -0.2) is 17.2 Å². The van der Waals surface area contributed by atoms with E-state index in [1.54, 1.807) is 17.5 Å². The highest BCUT2D eigenvalue weighted by Gasteiger charge is 2.27. The highest BCUT2D eigenvalue weighted by Crippen LogP contribution is 2.25. The molecule has 108 valence electrons. The van der Waals surface area contributed by atoms with E-state index in [2.05, 4.69) is 0 Å². The molecule has 1 heterocycles. The second-order valence-corrected chi connectivity index (χ2v) is 7.20. The summed E-state index contributed by atoms with van der Waals surface area (Å²) >= 11 is 1.37. The van der Waals surface area contributed by atoms with Gasteiger partial charge in [0, 0.05) is 24.2 Å². The van der Waals surface area contributed by atoms with Crippen molar-refractivity contribution < 1.29 is 17.2 Å². The lowest BCUT2D eigenvalue weighted by molar-refractivity contribution is 0.449. The third-order valence-electron chi connectivity index (χ3n) is 2.66. The van der Waals surface area contributed by atoms with E-state index in [1.165, 1.54) is 18.4 Å². The molecule has 1 aromatic carbocycles. The Labute approximate surface area is 119 Å². The van der Waals surface area contributed by atoms with Gasteiger partial charge in [0.1, 0.15) is 4.90 Å². The first-order chi connectivity index (χ1) is 9.32. The first kappa shape index (κ1) is 14.9. The average Bonchev–Trinajstić information content (AvgIpc) is 2.86. The lowest BCUT2D eigenvalue weighted by atomic mass is 10.3. The third kappa shape index (κ3) is 2.82. The minimum absolute atomic E-state index is 0.0792. The summed E-state index contributed by atoms with van der Waals surface area (Å²) in [5.74, 6) is -2.70. The molecule has 0 amide bonds. The number of nitrogens with zero attached hydrogens (tertiary/aromatic N) is 1. The molecule has 0 unspecified atom stereocenters. The van der Waals surface area contributed by atoms with Crippen LogP contribution in [0.1, 0.15) is 4.88 Å². The van der Waals surface area contributed by atoms with Crippen LogP contribution in [0.5, 0.6) is 0 Å². The molecule has 0 aliphatic carbocycles. The SMILES string of the molecule is CN(Cc1cccs1)S(=O)(=O)c1cc(N)cc(F)c1F. The van der Waals surface area contributed by atoms with Crippen LogP contribution in [0.4, 0.5) is 14.5 Å². The van der Waals surface area contributed by atoms with Crippen molar-refractivity contribution in [2.45, 2.75) is 11.4 Å². The molecule has 1 aromatic heterocycles. The fourth-order valence-corrected chi connectivity index (χ4v) is 3.74. The van der Waals surface area contributed by atoms with Crippen molar-refractivity contribution in [3.63, 3.8) is 0 Å². The number of halogens is 2. The highest BCUT2D eigenvalue weighted by atomic mass is 32.2. The summed E-state index contributed by atoms with van der Waals surface area (Å²) in [5.41, 5.74) is 5.23. The van der Waals surface area contributed by atoms with E-state index in [0.717, 1.165) is 21.3 Å². The van der Waals surface area contributed by atoms with E-state index in [0.29, 0.717) is 0 Å². The van der Waals surface area contributed by atoms with Crippen molar-refractivity contribution in [3.05, 3.63) is 46.2 Å². The molecule has 20 heavy (non-hydrogen) atoms. The number of benzene rings is 1. The zero-order chi connectivity index (χ0) is 14.9. The second-order valence-electron chi connectivity index (χ2n) is 4.16. The lowest BCUT2D eigenvalue weighted by Gasteiger charge is -2.17. The van der Waals surface area contributed by atoms with E-state index in [9.17, 15) is 17.2 Å². The fourth-order valence-electron chi connectivity index (χ4n) is 1.65. The first-order valence-electron chi connectivity index (χ1n) is 5.55. The maximum atomic E-state index is 13.7. The summed E-state index contributed by atoms with van der Waals surface area (Å²) in [5, 5.41) is 1.80. The van der Waals surface area contributed by atoms with Gasteiger partial charge in [0.25, 0.3) is 0 Å². The molecular weight excluding hydrogens is 306 g/mol. The van der Waals surface area contributed by atoms with Gasteiger partial charge < -0.3 is 5.73 Å². The van der Waals surface area contributed by atoms with Crippen molar-refractivity contribution in [2.24, 2.45) is 0 Å². The Hall–Kier alpha value is -1.51. The van der Waals surface area contributed by atoms with Crippen LogP contribution in [0.2, 0.25) is 0 Å². The maximum absolute atomic E-state index is 13.7. The quantitative estimate of drug-likeness (QED) is 0.881. The summed E-state index contributed by atoms with van der Waals surface area (Å²) in [7, 11) is -2.84. The van der Waals surface area contributed by atoms with E-state index >= 15 is 0 Å². The van der Waals surface area contributed by atoms with Gasteiger partial charge in [-0.1, -0.05) is 6.07 Å². The Morgan fingerprint density at radius 3 is 2.65 bits per heavy atom. The van der Waals surface area contributed by atoms with Crippen LogP contribution in [-0.2, 0) is 16.6 Å². The summed E-state index contributed by atoms with van der Waals surface area (Å²) in [6.07, 6.45) is 0. The van der Waals surface area contributed by atoms with E-state index < -0.39 is 26.6 Å². The van der Waals surface area contributed by atoms with Crippen molar-refractivity contribution in [1.82, 2.24) is 4.31 Å². The summed E-state index contributed by atoms with van der Waals surface area (Å²) in [6, 6.07) is 5.19. The van der Waals surface area contributed by atoms with Gasteiger partial charge >= 0.3 is 0 Å². The smallest absolute Gasteiger partial charge is 0.246 e. The van der Waals surface area contributed by atoms with Crippen LogP contribution in [0.25, 0.3) is 0 Å². The predicted octanol–water partition coefficient (Wildman–Crippen LogP) is 2.43. The van der Waals surface area contributed by atoms with Crippen molar-refractivity contribution in [2.75, 3.05) is 12.8 Å². The first-order valence-corrected chi connectivity index (χ1v) is 7.87. The molecule has 0 atom stereocenters. The highest BCUT2D eigenvalue weighted by molar-refractivity contribution is 7.89. The molecule has 0 spiro atoms. The molecule has 2 N–H and O–H groups in total. The minimum atomic E-state index is -4.15. The Kier molecular flexibility index (Phi) is 4.07. The van der Waals surface area contributed by atoms with Crippen molar-refractivity contribution in [3.8, 4) is 0 Å². The van der Waals surface area contributed by atoms with Gasteiger partial charge in [-0.05, 0) is 23.6 Å². The van der Waals surface area contributed by atoms with Gasteiger partial charge in [0.15, 0.2) is 11.6 Å². The minimum Gasteiger partial charge on any atom is -0.399 e. The summed E-state index contributed by atoms with van der Waals surface area (Å²) in [4.78, 5) is 0.0370. The van der Waals surface area contributed by atoms with Crippen LogP contribution in [0, 0.1) is 11.6 Å². The molecule has 8 heteroatoms. The van der Waals surface area contributed by atoms with Crippen LogP contribution >= 0.6 is 11.3 Å². The van der Waals surface area contributed by atoms with Crippen LogP contribution < -0.4 is 5.73 Å². The monoisotopic (exact) mass is 318 g/mol. The Morgan fingerprint density at radius 1 is 1.35 bits per heavy atom. The maximum Gasteiger partial charge on any atom is 0.246 e. The van der Waals surface area contributed by atoms with Gasteiger partial charge in [0.05, 0.1) is 0 Å². The molecule has 0 fully saturated rings. The Morgan fingerprint density at radius 2 is 2.05 bits per heavy atom. The Balaban J connectivity index is 2.40. The molecular formula is C12H12F2N2O2S2. The van der Waals surface area contributed by atoms with Crippen LogP contribution in [-0.4, -0.2) is 19.8 Å². The number of nitrogen functional groups attached to an aromatic ring is 1. The van der Waals surface area contributed by atoms with Gasteiger partial charge in [0.2, 0.25) is 10.0 Å². The fraction of sp³-hybridized carbons (Fsp3) is 0.167. The van der Waals surface area contributed by atoms with Gasteiger partial charge in [-0.2, -0.15) is 4.31 Å². The molecule has 0 saturated heterocycles. The van der Waals surface area contributed by atoms with E-state index in [4.69, 9.17) is 5.73 Å². The average molecular weight is 318 g/mol. The lowest BCUT2D eigenvalue weighted by Crippen LogP contribution is -2.27. The number of nitrogens with two attached hydrogens (primary N) is 1. The summed E-state index contributed by atoms with van der Waals surface area (Å²) < 4.78 is 52.4. The van der Waals surface area contributed by atoms with Crippen LogP contribution in [0.3, 0.4) is 0 Å². The third-order valence-corrected chi connectivity index (χ3v) is 5.33. The normalized spacial score (nSPS) is 12.0. The molecule has 4 nitrogen and oxygen atoms in total. The number of thiophene rings is 1. The van der Waals surface area contributed by atoms with Gasteiger partial charge in [-0.15, -0.1) is 11.3 Å². The standard InChI is InChI=1S/C12H12F2N2O2S2/c1-16(7-9-3-2-4-19-9)20(17,18)11-6-8(15)5-10(13)12(11)14/h2-6H,7,15H2,1H3. The topological polar surface area (TPSA) is 63.4 Å². The van der Waals surface area contributed by atoms with Gasteiger partial charge in [-0.3, -0.25) is 0 Å². The van der Waals surface area contributed by atoms with Crippen LogP contribution in [0.15, 0.2) is 34.5 Å². The van der Waals surface area contributed by atoms with Crippen molar-refractivity contribution >= 4 is 27.0 Å². The number of sulfonamides is 1. The van der Waals surface area contributed by atoms with E-state index in [-0.39, 0.29) is 12.2 Å². The second kappa shape index (κ2) is 5.47. The molecule has 0 radical (unpaired) electrons. The Bertz CT molecular complexity index is 715. The number of hydrogen-bond acceptors (Lipinski definition) is 4. The molecule has 0 bridgehead atoms. The number of rotatable bonds is 4. The number of hydrogen-bond donors (Lipinski definition) is 1. The van der Waals surface area contributed by atoms with E-state index in [1.807, 2.05) is 0 Å². The zero-order valence-electron chi connectivity index (χ0n) is 10.5. The van der Waals surface area contributed by atoms with Crippen molar-refractivity contribution in [1.29, 1.82) is 0 Å².